The Morgan fingerprint density at radius 1 is 1.32 bits per heavy atom. The van der Waals surface area contributed by atoms with Crippen LogP contribution in [0.2, 0.25) is 0 Å². The predicted octanol–water partition coefficient (Wildman–Crippen LogP) is 2.35. The molecule has 1 unspecified atom stereocenters. The number of amides is 1. The molecule has 1 aromatic rings. The van der Waals surface area contributed by atoms with Crippen molar-refractivity contribution < 1.29 is 17.6 Å². The van der Waals surface area contributed by atoms with Crippen LogP contribution in [0.1, 0.15) is 43.6 Å². The lowest BCUT2D eigenvalue weighted by Crippen LogP contribution is -2.29. The zero-order valence-corrected chi connectivity index (χ0v) is 13.3. The third kappa shape index (κ3) is 4.19. The van der Waals surface area contributed by atoms with Crippen molar-refractivity contribution >= 4 is 21.6 Å². The van der Waals surface area contributed by atoms with Gasteiger partial charge in [0.25, 0.3) is 0 Å². The van der Waals surface area contributed by atoms with Crippen LogP contribution in [0.15, 0.2) is 18.2 Å². The Kier molecular flexibility index (Phi) is 5.05. The highest BCUT2D eigenvalue weighted by Gasteiger charge is 2.30. The van der Waals surface area contributed by atoms with Crippen LogP contribution in [0.3, 0.4) is 0 Å². The highest BCUT2D eigenvalue weighted by molar-refractivity contribution is 7.92. The Hall–Kier alpha value is -1.63. The maximum absolute atomic E-state index is 14.1. The molecule has 22 heavy (non-hydrogen) atoms. The number of carbonyl (C=O) groups excluding carboxylic acids is 1. The summed E-state index contributed by atoms with van der Waals surface area (Å²) in [7, 11) is -3.55. The van der Waals surface area contributed by atoms with Crippen LogP contribution in [0, 0.1) is 11.7 Å². The van der Waals surface area contributed by atoms with E-state index in [1.165, 1.54) is 12.1 Å². The number of carbonyl (C=O) groups is 1. The summed E-state index contributed by atoms with van der Waals surface area (Å²) in [6, 6.07) is 4.11. The monoisotopic (exact) mass is 328 g/mol. The van der Waals surface area contributed by atoms with Gasteiger partial charge in [-0.25, -0.2) is 12.8 Å². The minimum atomic E-state index is -3.55. The smallest absolute Gasteiger partial charge is 0.229 e. The van der Waals surface area contributed by atoms with E-state index in [1.807, 2.05) is 0 Å². The van der Waals surface area contributed by atoms with E-state index in [1.54, 1.807) is 6.07 Å². The average molecular weight is 328 g/mol. The number of anilines is 1. The van der Waals surface area contributed by atoms with E-state index in [4.69, 9.17) is 5.73 Å². The van der Waals surface area contributed by atoms with Crippen molar-refractivity contribution in [1.82, 2.24) is 0 Å². The molecule has 1 saturated carbocycles. The normalized spacial score (nSPS) is 17.9. The molecule has 0 heterocycles. The van der Waals surface area contributed by atoms with Gasteiger partial charge in [0.2, 0.25) is 15.9 Å². The van der Waals surface area contributed by atoms with E-state index in [0.717, 1.165) is 38.4 Å². The molecule has 0 aliphatic heterocycles. The van der Waals surface area contributed by atoms with Crippen LogP contribution < -0.4 is 10.5 Å². The van der Waals surface area contributed by atoms with Gasteiger partial charge >= 0.3 is 0 Å². The van der Waals surface area contributed by atoms with E-state index in [9.17, 15) is 17.6 Å². The van der Waals surface area contributed by atoms with Crippen LogP contribution in [0.25, 0.3) is 0 Å². The van der Waals surface area contributed by atoms with Gasteiger partial charge in [-0.1, -0.05) is 25.3 Å². The summed E-state index contributed by atoms with van der Waals surface area (Å²) in [5.41, 5.74) is 5.90. The Bertz CT molecular complexity index is 655. The predicted molar refractivity (Wildman–Crippen MR) is 83.4 cm³/mol. The minimum Gasteiger partial charge on any atom is -0.369 e. The first-order chi connectivity index (χ1) is 10.3. The molecule has 0 bridgehead atoms. The fourth-order valence-corrected chi connectivity index (χ4v) is 3.71. The third-order valence-corrected chi connectivity index (χ3v) is 4.67. The SMILES string of the molecule is CS(=O)(=O)Nc1ccc(C(C(N)=O)C2CCCCC2)cc1F. The second kappa shape index (κ2) is 6.64. The van der Waals surface area contributed by atoms with Crippen LogP contribution in [-0.4, -0.2) is 20.6 Å². The molecule has 7 heteroatoms. The number of sulfonamides is 1. The number of benzene rings is 1. The third-order valence-electron chi connectivity index (χ3n) is 4.08. The minimum absolute atomic E-state index is 0.124. The molecule has 122 valence electrons. The summed E-state index contributed by atoms with van der Waals surface area (Å²) in [4.78, 5) is 11.8. The van der Waals surface area contributed by atoms with E-state index in [0.29, 0.717) is 5.56 Å². The fraction of sp³-hybridized carbons (Fsp3) is 0.533. The Morgan fingerprint density at radius 3 is 2.45 bits per heavy atom. The molecule has 1 fully saturated rings. The highest BCUT2D eigenvalue weighted by atomic mass is 32.2. The zero-order valence-electron chi connectivity index (χ0n) is 12.5. The van der Waals surface area contributed by atoms with Crippen molar-refractivity contribution in [1.29, 1.82) is 0 Å². The summed E-state index contributed by atoms with van der Waals surface area (Å²) in [6.07, 6.45) is 5.99. The van der Waals surface area contributed by atoms with Gasteiger partial charge in [0, 0.05) is 0 Å². The lowest BCUT2D eigenvalue weighted by atomic mass is 9.76. The van der Waals surface area contributed by atoms with Gasteiger partial charge in [-0.2, -0.15) is 0 Å². The van der Waals surface area contributed by atoms with Gasteiger partial charge in [0.05, 0.1) is 17.9 Å². The largest absolute Gasteiger partial charge is 0.369 e. The molecular weight excluding hydrogens is 307 g/mol. The summed E-state index contributed by atoms with van der Waals surface area (Å²) in [5.74, 6) is -1.57. The van der Waals surface area contributed by atoms with Gasteiger partial charge in [-0.15, -0.1) is 0 Å². The zero-order chi connectivity index (χ0) is 16.3. The Morgan fingerprint density at radius 2 is 1.95 bits per heavy atom. The summed E-state index contributed by atoms with van der Waals surface area (Å²) in [6.45, 7) is 0. The maximum Gasteiger partial charge on any atom is 0.229 e. The Balaban J connectivity index is 2.29. The molecule has 0 saturated heterocycles. The standard InChI is InChI=1S/C15H21FN2O3S/c1-22(20,21)18-13-8-7-11(9-12(13)16)14(15(17)19)10-5-3-2-4-6-10/h7-10,14,18H,2-6H2,1H3,(H2,17,19). The average Bonchev–Trinajstić information content (AvgIpc) is 2.41. The number of primary amides is 1. The quantitative estimate of drug-likeness (QED) is 0.869. The second-order valence-electron chi connectivity index (χ2n) is 5.89. The van der Waals surface area contributed by atoms with Crippen molar-refractivity contribution in [3.05, 3.63) is 29.6 Å². The molecule has 0 aromatic heterocycles. The molecule has 2 rings (SSSR count). The van der Waals surface area contributed by atoms with Crippen molar-refractivity contribution in [3.8, 4) is 0 Å². The van der Waals surface area contributed by atoms with Gasteiger partial charge in [0.15, 0.2) is 0 Å². The van der Waals surface area contributed by atoms with Crippen LogP contribution in [-0.2, 0) is 14.8 Å². The fourth-order valence-electron chi connectivity index (χ4n) is 3.14. The van der Waals surface area contributed by atoms with E-state index < -0.39 is 27.7 Å². The molecule has 1 aliphatic rings. The molecule has 1 aliphatic carbocycles. The molecule has 5 nitrogen and oxygen atoms in total. The molecule has 1 amide bonds. The second-order valence-corrected chi connectivity index (χ2v) is 7.64. The summed E-state index contributed by atoms with van der Waals surface area (Å²) < 4.78 is 38.5. The van der Waals surface area contributed by atoms with Crippen LogP contribution >= 0.6 is 0 Å². The van der Waals surface area contributed by atoms with Gasteiger partial charge < -0.3 is 5.73 Å². The van der Waals surface area contributed by atoms with Crippen LogP contribution in [0.4, 0.5) is 10.1 Å². The van der Waals surface area contributed by atoms with Crippen molar-refractivity contribution in [2.24, 2.45) is 11.7 Å². The summed E-state index contributed by atoms with van der Waals surface area (Å²) >= 11 is 0. The van der Waals surface area contributed by atoms with Crippen molar-refractivity contribution in [2.75, 3.05) is 11.0 Å². The molecule has 1 atom stereocenters. The first-order valence-electron chi connectivity index (χ1n) is 7.34. The van der Waals surface area contributed by atoms with Crippen molar-refractivity contribution in [2.45, 2.75) is 38.0 Å². The number of nitrogens with one attached hydrogen (secondary N) is 1. The molecule has 0 radical (unpaired) electrons. The van der Waals surface area contributed by atoms with Gasteiger partial charge in [-0.05, 0) is 36.5 Å². The van der Waals surface area contributed by atoms with E-state index in [2.05, 4.69) is 4.72 Å². The molecule has 0 spiro atoms. The number of hydrogen-bond acceptors (Lipinski definition) is 3. The van der Waals surface area contributed by atoms with Gasteiger partial charge in [-0.3, -0.25) is 9.52 Å². The maximum atomic E-state index is 14.1. The molecular formula is C15H21FN2O3S. The molecule has 1 aromatic carbocycles. The molecule has 3 N–H and O–H groups in total. The van der Waals surface area contributed by atoms with E-state index >= 15 is 0 Å². The van der Waals surface area contributed by atoms with Crippen LogP contribution in [0.5, 0.6) is 0 Å². The number of nitrogens with two attached hydrogens (primary N) is 1. The van der Waals surface area contributed by atoms with Crippen molar-refractivity contribution in [3.63, 3.8) is 0 Å². The topological polar surface area (TPSA) is 89.3 Å². The number of hydrogen-bond donors (Lipinski definition) is 2. The first kappa shape index (κ1) is 16.7. The number of rotatable bonds is 5. The summed E-state index contributed by atoms with van der Waals surface area (Å²) in [5, 5.41) is 0. The lowest BCUT2D eigenvalue weighted by molar-refractivity contribution is -0.120. The highest BCUT2D eigenvalue weighted by Crippen LogP contribution is 2.36. The number of halogens is 1. The van der Waals surface area contributed by atoms with E-state index in [-0.39, 0.29) is 11.6 Å². The lowest BCUT2D eigenvalue weighted by Gasteiger charge is -2.28. The first-order valence-corrected chi connectivity index (χ1v) is 9.23. The van der Waals surface area contributed by atoms with Gasteiger partial charge in [0.1, 0.15) is 5.82 Å². The Labute approximate surface area is 130 Å².